The number of aromatic nitrogens is 1. The minimum atomic E-state index is -0.157. The smallest absolute Gasteiger partial charge is 0.0695 e. The van der Waals surface area contributed by atoms with Crippen molar-refractivity contribution in [1.29, 1.82) is 0 Å². The van der Waals surface area contributed by atoms with E-state index >= 15 is 0 Å². The van der Waals surface area contributed by atoms with Gasteiger partial charge in [0.1, 0.15) is 0 Å². The van der Waals surface area contributed by atoms with Gasteiger partial charge in [-0.25, -0.2) is 0 Å². The zero-order valence-corrected chi connectivity index (χ0v) is 9.84. The molecule has 1 aliphatic rings. The minimum Gasteiger partial charge on any atom is -0.391 e. The molecular formula is C13H20N2O. The predicted octanol–water partition coefficient (Wildman–Crippen LogP) is 1.82. The fraction of sp³-hybridized carbons (Fsp3) is 0.615. The maximum absolute atomic E-state index is 9.96. The summed E-state index contributed by atoms with van der Waals surface area (Å²) in [6.45, 7) is 0.871. The molecule has 0 radical (unpaired) electrons. The van der Waals surface area contributed by atoms with Crippen molar-refractivity contribution in [3.8, 4) is 0 Å². The summed E-state index contributed by atoms with van der Waals surface area (Å²) in [6, 6.07) is 4.35. The van der Waals surface area contributed by atoms with Crippen molar-refractivity contribution < 1.29 is 5.11 Å². The first-order valence-corrected chi connectivity index (χ1v) is 6.04. The largest absolute Gasteiger partial charge is 0.391 e. The molecular weight excluding hydrogens is 200 g/mol. The van der Waals surface area contributed by atoms with Crippen molar-refractivity contribution in [1.82, 2.24) is 9.88 Å². The van der Waals surface area contributed by atoms with Gasteiger partial charge in [0, 0.05) is 25.0 Å². The Morgan fingerprint density at radius 2 is 2.25 bits per heavy atom. The van der Waals surface area contributed by atoms with E-state index < -0.39 is 0 Å². The van der Waals surface area contributed by atoms with Gasteiger partial charge in [-0.05, 0) is 31.5 Å². The SMILES string of the molecule is CN(Cc1cccnc1)[C@H]1CCCC[C@@H]1O. The van der Waals surface area contributed by atoms with E-state index in [0.717, 1.165) is 19.4 Å². The Hall–Kier alpha value is -0.930. The molecule has 0 spiro atoms. The third-order valence-electron chi connectivity index (χ3n) is 3.41. The highest BCUT2D eigenvalue weighted by atomic mass is 16.3. The molecule has 88 valence electrons. The highest BCUT2D eigenvalue weighted by Crippen LogP contribution is 2.23. The van der Waals surface area contributed by atoms with Crippen LogP contribution in [0, 0.1) is 0 Å². The summed E-state index contributed by atoms with van der Waals surface area (Å²) in [5.74, 6) is 0. The molecule has 2 rings (SSSR count). The minimum absolute atomic E-state index is 0.157. The maximum Gasteiger partial charge on any atom is 0.0695 e. The van der Waals surface area contributed by atoms with Crippen LogP contribution in [-0.4, -0.2) is 34.2 Å². The molecule has 1 saturated carbocycles. The number of hydrogen-bond donors (Lipinski definition) is 1. The van der Waals surface area contributed by atoms with E-state index in [1.807, 2.05) is 12.3 Å². The van der Waals surface area contributed by atoms with Gasteiger partial charge < -0.3 is 5.11 Å². The molecule has 0 aliphatic heterocycles. The van der Waals surface area contributed by atoms with Crippen molar-refractivity contribution in [2.24, 2.45) is 0 Å². The molecule has 3 nitrogen and oxygen atoms in total. The first-order valence-electron chi connectivity index (χ1n) is 6.04. The number of rotatable bonds is 3. The normalized spacial score (nSPS) is 25.9. The summed E-state index contributed by atoms with van der Waals surface area (Å²) in [6.07, 6.45) is 7.98. The van der Waals surface area contributed by atoms with Crippen molar-refractivity contribution >= 4 is 0 Å². The first kappa shape index (κ1) is 11.6. The van der Waals surface area contributed by atoms with Gasteiger partial charge >= 0.3 is 0 Å². The Morgan fingerprint density at radius 1 is 1.44 bits per heavy atom. The quantitative estimate of drug-likeness (QED) is 0.844. The summed E-state index contributed by atoms with van der Waals surface area (Å²) in [7, 11) is 2.09. The topological polar surface area (TPSA) is 36.4 Å². The van der Waals surface area contributed by atoms with E-state index in [9.17, 15) is 5.11 Å². The summed E-state index contributed by atoms with van der Waals surface area (Å²) in [5.41, 5.74) is 1.21. The van der Waals surface area contributed by atoms with Gasteiger partial charge in [0.2, 0.25) is 0 Å². The summed E-state index contributed by atoms with van der Waals surface area (Å²) < 4.78 is 0. The number of hydrogen-bond acceptors (Lipinski definition) is 3. The molecule has 0 aromatic carbocycles. The van der Waals surface area contributed by atoms with Crippen LogP contribution in [0.25, 0.3) is 0 Å². The highest BCUT2D eigenvalue weighted by molar-refractivity contribution is 5.08. The molecule has 0 saturated heterocycles. The zero-order chi connectivity index (χ0) is 11.4. The number of aliphatic hydroxyl groups excluding tert-OH is 1. The Bertz CT molecular complexity index is 315. The van der Waals surface area contributed by atoms with E-state index in [2.05, 4.69) is 23.0 Å². The van der Waals surface area contributed by atoms with Gasteiger partial charge in [0.25, 0.3) is 0 Å². The van der Waals surface area contributed by atoms with E-state index in [4.69, 9.17) is 0 Å². The van der Waals surface area contributed by atoms with E-state index in [0.29, 0.717) is 6.04 Å². The van der Waals surface area contributed by atoms with E-state index in [1.54, 1.807) is 6.20 Å². The van der Waals surface area contributed by atoms with Crippen molar-refractivity contribution in [2.75, 3.05) is 7.05 Å². The molecule has 16 heavy (non-hydrogen) atoms. The standard InChI is InChI=1S/C13H20N2O/c1-15(10-11-5-4-8-14-9-11)12-6-2-3-7-13(12)16/h4-5,8-9,12-13,16H,2-3,6-7,10H2,1H3/t12-,13-/m0/s1. The molecule has 1 fully saturated rings. The maximum atomic E-state index is 9.96. The van der Waals surface area contributed by atoms with Gasteiger partial charge in [-0.3, -0.25) is 9.88 Å². The van der Waals surface area contributed by atoms with Crippen LogP contribution in [-0.2, 0) is 6.54 Å². The molecule has 0 amide bonds. The molecule has 1 aliphatic carbocycles. The number of likely N-dealkylation sites (N-methyl/N-ethyl adjacent to an activating group) is 1. The van der Waals surface area contributed by atoms with Crippen LogP contribution in [0.1, 0.15) is 31.2 Å². The molecule has 1 aromatic heterocycles. The summed E-state index contributed by atoms with van der Waals surface area (Å²) in [5, 5.41) is 9.96. The number of pyridine rings is 1. The van der Waals surface area contributed by atoms with Crippen LogP contribution in [0.3, 0.4) is 0 Å². The van der Waals surface area contributed by atoms with Crippen LogP contribution >= 0.6 is 0 Å². The third-order valence-corrected chi connectivity index (χ3v) is 3.41. The highest BCUT2D eigenvalue weighted by Gasteiger charge is 2.26. The zero-order valence-electron chi connectivity index (χ0n) is 9.84. The fourth-order valence-electron chi connectivity index (χ4n) is 2.50. The van der Waals surface area contributed by atoms with Crippen LogP contribution in [0.15, 0.2) is 24.5 Å². The number of nitrogens with zero attached hydrogens (tertiary/aromatic N) is 2. The molecule has 0 unspecified atom stereocenters. The molecule has 2 atom stereocenters. The monoisotopic (exact) mass is 220 g/mol. The Kier molecular flexibility index (Phi) is 3.91. The average Bonchev–Trinajstić information content (AvgIpc) is 2.31. The van der Waals surface area contributed by atoms with Crippen molar-refractivity contribution in [2.45, 2.75) is 44.4 Å². The lowest BCUT2D eigenvalue weighted by Crippen LogP contribution is -2.42. The van der Waals surface area contributed by atoms with Gasteiger partial charge in [-0.1, -0.05) is 18.9 Å². The fourth-order valence-corrected chi connectivity index (χ4v) is 2.50. The summed E-state index contributed by atoms with van der Waals surface area (Å²) in [4.78, 5) is 6.36. The lowest BCUT2D eigenvalue weighted by atomic mass is 9.91. The Morgan fingerprint density at radius 3 is 2.94 bits per heavy atom. The van der Waals surface area contributed by atoms with Gasteiger partial charge in [-0.15, -0.1) is 0 Å². The van der Waals surface area contributed by atoms with Gasteiger partial charge in [0.05, 0.1) is 6.10 Å². The lowest BCUT2D eigenvalue weighted by Gasteiger charge is -2.35. The van der Waals surface area contributed by atoms with Crippen LogP contribution < -0.4 is 0 Å². The molecule has 1 N–H and O–H groups in total. The van der Waals surface area contributed by atoms with Gasteiger partial charge in [-0.2, -0.15) is 0 Å². The molecule has 0 bridgehead atoms. The molecule has 3 heteroatoms. The van der Waals surface area contributed by atoms with E-state index in [-0.39, 0.29) is 6.10 Å². The third kappa shape index (κ3) is 2.80. The first-order chi connectivity index (χ1) is 7.77. The number of aliphatic hydroxyl groups is 1. The van der Waals surface area contributed by atoms with Crippen molar-refractivity contribution in [3.05, 3.63) is 30.1 Å². The summed E-state index contributed by atoms with van der Waals surface area (Å²) >= 11 is 0. The molecule has 1 heterocycles. The second-order valence-electron chi connectivity index (χ2n) is 4.70. The van der Waals surface area contributed by atoms with Crippen LogP contribution in [0.2, 0.25) is 0 Å². The second kappa shape index (κ2) is 5.41. The van der Waals surface area contributed by atoms with Crippen LogP contribution in [0.4, 0.5) is 0 Å². The van der Waals surface area contributed by atoms with Gasteiger partial charge in [0.15, 0.2) is 0 Å². The Labute approximate surface area is 97.1 Å². The Balaban J connectivity index is 1.94. The average molecular weight is 220 g/mol. The molecule has 1 aromatic rings. The predicted molar refractivity (Wildman–Crippen MR) is 64.0 cm³/mol. The van der Waals surface area contributed by atoms with Crippen LogP contribution in [0.5, 0.6) is 0 Å². The second-order valence-corrected chi connectivity index (χ2v) is 4.70. The van der Waals surface area contributed by atoms with E-state index in [1.165, 1.54) is 18.4 Å². The van der Waals surface area contributed by atoms with Crippen molar-refractivity contribution in [3.63, 3.8) is 0 Å². The lowest BCUT2D eigenvalue weighted by molar-refractivity contribution is 0.0288.